The van der Waals surface area contributed by atoms with E-state index in [4.69, 9.17) is 23.2 Å². The van der Waals surface area contributed by atoms with Crippen LogP contribution in [0.4, 0.5) is 0 Å². The predicted molar refractivity (Wildman–Crippen MR) is 70.1 cm³/mol. The molecule has 1 aliphatic rings. The van der Waals surface area contributed by atoms with Gasteiger partial charge in [-0.15, -0.1) is 0 Å². The molecule has 0 spiro atoms. The summed E-state index contributed by atoms with van der Waals surface area (Å²) >= 11 is 11.9. The van der Waals surface area contributed by atoms with Crippen LogP contribution in [0.15, 0.2) is 18.3 Å². The minimum absolute atomic E-state index is 0.0602. The quantitative estimate of drug-likeness (QED) is 0.790. The number of hydrogen-bond acceptors (Lipinski definition) is 2. The SMILES string of the molecule is O=C1NCCc2[nH]c(-c3cc(Cl)ncc3Cl)cc21. The molecule has 0 saturated heterocycles. The Morgan fingerprint density at radius 1 is 1.22 bits per heavy atom. The van der Waals surface area contributed by atoms with Crippen molar-refractivity contribution in [3.05, 3.63) is 39.8 Å². The van der Waals surface area contributed by atoms with Crippen LogP contribution in [0.3, 0.4) is 0 Å². The molecule has 4 nitrogen and oxygen atoms in total. The first-order valence-corrected chi connectivity index (χ1v) is 6.22. The van der Waals surface area contributed by atoms with Crippen LogP contribution in [-0.4, -0.2) is 22.4 Å². The lowest BCUT2D eigenvalue weighted by atomic mass is 10.1. The summed E-state index contributed by atoms with van der Waals surface area (Å²) in [6.07, 6.45) is 2.29. The summed E-state index contributed by atoms with van der Waals surface area (Å²) < 4.78 is 0. The van der Waals surface area contributed by atoms with Gasteiger partial charge in [0.25, 0.3) is 5.91 Å². The van der Waals surface area contributed by atoms with Gasteiger partial charge in [-0.05, 0) is 12.1 Å². The van der Waals surface area contributed by atoms with Gasteiger partial charge < -0.3 is 10.3 Å². The fourth-order valence-corrected chi connectivity index (χ4v) is 2.42. The van der Waals surface area contributed by atoms with Gasteiger partial charge in [-0.25, -0.2) is 4.98 Å². The first kappa shape index (κ1) is 11.6. The van der Waals surface area contributed by atoms with Crippen LogP contribution in [0.25, 0.3) is 11.3 Å². The lowest BCUT2D eigenvalue weighted by Crippen LogP contribution is -2.31. The highest BCUT2D eigenvalue weighted by Gasteiger charge is 2.20. The van der Waals surface area contributed by atoms with E-state index in [0.29, 0.717) is 22.3 Å². The molecule has 0 fully saturated rings. The van der Waals surface area contributed by atoms with Gasteiger partial charge in [0.15, 0.2) is 0 Å². The topological polar surface area (TPSA) is 57.8 Å². The maximum atomic E-state index is 11.7. The number of H-pyrrole nitrogens is 1. The van der Waals surface area contributed by atoms with Gasteiger partial charge in [0.2, 0.25) is 0 Å². The first-order valence-electron chi connectivity index (χ1n) is 5.46. The minimum Gasteiger partial charge on any atom is -0.358 e. The molecule has 18 heavy (non-hydrogen) atoms. The maximum Gasteiger partial charge on any atom is 0.253 e. The molecular weight excluding hydrogens is 273 g/mol. The largest absolute Gasteiger partial charge is 0.358 e. The zero-order valence-electron chi connectivity index (χ0n) is 9.26. The molecule has 3 rings (SSSR count). The number of amides is 1. The summed E-state index contributed by atoms with van der Waals surface area (Å²) in [6.45, 7) is 0.649. The molecule has 0 radical (unpaired) electrons. The van der Waals surface area contributed by atoms with Crippen molar-refractivity contribution in [2.24, 2.45) is 0 Å². The summed E-state index contributed by atoms with van der Waals surface area (Å²) in [6, 6.07) is 3.47. The van der Waals surface area contributed by atoms with Gasteiger partial charge in [0.1, 0.15) is 5.15 Å². The number of aromatic nitrogens is 2. The highest BCUT2D eigenvalue weighted by Crippen LogP contribution is 2.30. The number of rotatable bonds is 1. The Morgan fingerprint density at radius 3 is 2.83 bits per heavy atom. The average Bonchev–Trinajstić information content (AvgIpc) is 2.77. The van der Waals surface area contributed by atoms with Crippen molar-refractivity contribution >= 4 is 29.1 Å². The molecule has 1 amide bonds. The van der Waals surface area contributed by atoms with Crippen molar-refractivity contribution < 1.29 is 4.79 Å². The summed E-state index contributed by atoms with van der Waals surface area (Å²) in [5.41, 5.74) is 3.13. The third-order valence-corrected chi connectivity index (χ3v) is 3.42. The molecule has 0 aliphatic carbocycles. The van der Waals surface area contributed by atoms with E-state index in [9.17, 15) is 4.79 Å². The van der Waals surface area contributed by atoms with Crippen LogP contribution in [0.1, 0.15) is 16.1 Å². The molecule has 0 saturated carbocycles. The third kappa shape index (κ3) is 1.87. The molecule has 0 aromatic carbocycles. The Balaban J connectivity index is 2.13. The number of carbonyl (C=O) groups excluding carboxylic acids is 1. The normalized spacial score (nSPS) is 14.2. The number of aromatic amines is 1. The number of hydrogen-bond donors (Lipinski definition) is 2. The van der Waals surface area contributed by atoms with Crippen LogP contribution in [-0.2, 0) is 6.42 Å². The fourth-order valence-electron chi connectivity index (χ4n) is 2.06. The smallest absolute Gasteiger partial charge is 0.253 e. The highest BCUT2D eigenvalue weighted by atomic mass is 35.5. The lowest BCUT2D eigenvalue weighted by molar-refractivity contribution is 0.0946. The second-order valence-corrected chi connectivity index (χ2v) is 4.86. The van der Waals surface area contributed by atoms with Gasteiger partial charge in [-0.1, -0.05) is 23.2 Å². The van der Waals surface area contributed by atoms with Crippen molar-refractivity contribution in [3.8, 4) is 11.3 Å². The van der Waals surface area contributed by atoms with Gasteiger partial charge in [-0.2, -0.15) is 0 Å². The molecule has 2 N–H and O–H groups in total. The van der Waals surface area contributed by atoms with E-state index < -0.39 is 0 Å². The molecule has 92 valence electrons. The molecule has 2 aromatic rings. The molecule has 3 heterocycles. The second-order valence-electron chi connectivity index (χ2n) is 4.07. The standard InChI is InChI=1S/C12H9Cl2N3O/c13-8-5-16-11(14)4-6(8)10-3-7-9(17-10)1-2-15-12(7)18/h3-5,17H,1-2H2,(H,15,18). The average molecular weight is 282 g/mol. The number of carbonyl (C=O) groups is 1. The van der Waals surface area contributed by atoms with Crippen LogP contribution < -0.4 is 5.32 Å². The number of halogens is 2. The summed E-state index contributed by atoms with van der Waals surface area (Å²) in [7, 11) is 0. The number of fused-ring (bicyclic) bond motifs is 1. The molecule has 6 heteroatoms. The van der Waals surface area contributed by atoms with Gasteiger partial charge in [0.05, 0.1) is 10.6 Å². The molecule has 0 atom stereocenters. The zero-order valence-corrected chi connectivity index (χ0v) is 10.8. The summed E-state index contributed by atoms with van der Waals surface area (Å²) in [5.74, 6) is -0.0602. The third-order valence-electron chi connectivity index (χ3n) is 2.92. The first-order chi connectivity index (χ1) is 8.65. The van der Waals surface area contributed by atoms with Crippen molar-refractivity contribution in [2.75, 3.05) is 6.54 Å². The van der Waals surface area contributed by atoms with Crippen LogP contribution in [0, 0.1) is 0 Å². The van der Waals surface area contributed by atoms with Crippen LogP contribution >= 0.6 is 23.2 Å². The molecule has 2 aromatic heterocycles. The second kappa shape index (κ2) is 4.30. The van der Waals surface area contributed by atoms with Gasteiger partial charge in [0, 0.05) is 36.1 Å². The van der Waals surface area contributed by atoms with Gasteiger partial charge >= 0.3 is 0 Å². The Morgan fingerprint density at radius 2 is 2.06 bits per heavy atom. The van der Waals surface area contributed by atoms with E-state index in [1.807, 2.05) is 0 Å². The van der Waals surface area contributed by atoms with E-state index in [-0.39, 0.29) is 5.91 Å². The Hall–Kier alpha value is -1.52. The molecule has 0 unspecified atom stereocenters. The van der Waals surface area contributed by atoms with E-state index in [1.165, 1.54) is 6.20 Å². The number of nitrogens with one attached hydrogen (secondary N) is 2. The van der Waals surface area contributed by atoms with E-state index in [1.54, 1.807) is 12.1 Å². The maximum absolute atomic E-state index is 11.7. The van der Waals surface area contributed by atoms with E-state index in [2.05, 4.69) is 15.3 Å². The van der Waals surface area contributed by atoms with Crippen molar-refractivity contribution in [1.29, 1.82) is 0 Å². The summed E-state index contributed by atoms with van der Waals surface area (Å²) in [5, 5.41) is 3.66. The minimum atomic E-state index is -0.0602. The molecular formula is C12H9Cl2N3O. The lowest BCUT2D eigenvalue weighted by Gasteiger charge is -2.10. The Kier molecular flexibility index (Phi) is 2.76. The highest BCUT2D eigenvalue weighted by molar-refractivity contribution is 6.34. The number of pyridine rings is 1. The van der Waals surface area contributed by atoms with Crippen molar-refractivity contribution in [2.45, 2.75) is 6.42 Å². The predicted octanol–water partition coefficient (Wildman–Crippen LogP) is 2.67. The zero-order chi connectivity index (χ0) is 12.7. The Bertz CT molecular complexity index is 636. The monoisotopic (exact) mass is 281 g/mol. The van der Waals surface area contributed by atoms with Crippen LogP contribution in [0.5, 0.6) is 0 Å². The molecule has 0 bridgehead atoms. The van der Waals surface area contributed by atoms with Gasteiger partial charge in [-0.3, -0.25) is 4.79 Å². The summed E-state index contributed by atoms with van der Waals surface area (Å²) in [4.78, 5) is 18.8. The fraction of sp³-hybridized carbons (Fsp3) is 0.167. The number of nitrogens with zero attached hydrogens (tertiary/aromatic N) is 1. The van der Waals surface area contributed by atoms with Crippen molar-refractivity contribution in [1.82, 2.24) is 15.3 Å². The van der Waals surface area contributed by atoms with E-state index >= 15 is 0 Å². The molecule has 1 aliphatic heterocycles. The Labute approximate surface area is 113 Å². The van der Waals surface area contributed by atoms with Crippen molar-refractivity contribution in [3.63, 3.8) is 0 Å². The van der Waals surface area contributed by atoms with Crippen LogP contribution in [0.2, 0.25) is 10.2 Å². The van der Waals surface area contributed by atoms with E-state index in [0.717, 1.165) is 23.4 Å².